The largest absolute Gasteiger partial charge is 0.490 e. The minimum Gasteiger partial charge on any atom is -0.490 e. The number of hydrogen-bond acceptors (Lipinski definition) is 7. The topological polar surface area (TPSA) is 108 Å². The summed E-state index contributed by atoms with van der Waals surface area (Å²) < 4.78 is 16.0. The van der Waals surface area contributed by atoms with Gasteiger partial charge in [-0.3, -0.25) is 24.6 Å². The number of anilines is 1. The fraction of sp³-hybridized carbons (Fsp3) is 0.300. The second-order valence-electron chi connectivity index (χ2n) is 6.57. The van der Waals surface area contributed by atoms with Gasteiger partial charge in [0, 0.05) is 12.1 Å². The molecule has 3 rings (SSSR count). The van der Waals surface area contributed by atoms with E-state index in [0.717, 1.165) is 16.0 Å². The number of aryl methyl sites for hydroxylation is 2. The minimum atomic E-state index is -0.651. The SMILES string of the molecule is Cc1cc(C)cc(OCCOC(=O)CN2C(=O)COc3ccc([N+](=O)[O-])cc32)c1. The van der Waals surface area contributed by atoms with Gasteiger partial charge in [0.1, 0.15) is 31.3 Å². The van der Waals surface area contributed by atoms with Gasteiger partial charge in [0.15, 0.2) is 6.61 Å². The number of carbonyl (C=O) groups excluding carboxylic acids is 2. The van der Waals surface area contributed by atoms with Crippen LogP contribution in [0.25, 0.3) is 0 Å². The molecule has 0 aliphatic carbocycles. The molecule has 1 heterocycles. The van der Waals surface area contributed by atoms with Crippen molar-refractivity contribution in [2.24, 2.45) is 0 Å². The molecule has 0 unspecified atom stereocenters. The highest BCUT2D eigenvalue weighted by Crippen LogP contribution is 2.35. The number of nitro benzene ring substituents is 1. The molecule has 9 heteroatoms. The number of nitro groups is 1. The molecule has 0 saturated carbocycles. The quantitative estimate of drug-likeness (QED) is 0.304. The van der Waals surface area contributed by atoms with E-state index in [9.17, 15) is 19.7 Å². The Kier molecular flexibility index (Phi) is 5.96. The van der Waals surface area contributed by atoms with E-state index >= 15 is 0 Å². The van der Waals surface area contributed by atoms with E-state index in [1.165, 1.54) is 18.2 Å². The lowest BCUT2D eigenvalue weighted by Gasteiger charge is -2.28. The number of rotatable bonds is 7. The van der Waals surface area contributed by atoms with Gasteiger partial charge in [0.2, 0.25) is 0 Å². The molecular formula is C20H20N2O7. The highest BCUT2D eigenvalue weighted by atomic mass is 16.6. The van der Waals surface area contributed by atoms with Gasteiger partial charge >= 0.3 is 5.97 Å². The molecule has 1 aliphatic rings. The molecule has 0 bridgehead atoms. The van der Waals surface area contributed by atoms with Crippen molar-refractivity contribution in [3.05, 3.63) is 57.6 Å². The Bertz CT molecular complexity index is 938. The van der Waals surface area contributed by atoms with Crippen LogP contribution in [0.15, 0.2) is 36.4 Å². The number of benzene rings is 2. The van der Waals surface area contributed by atoms with Crippen LogP contribution in [0.1, 0.15) is 11.1 Å². The Morgan fingerprint density at radius 3 is 2.59 bits per heavy atom. The molecule has 0 radical (unpaired) electrons. The van der Waals surface area contributed by atoms with Crippen molar-refractivity contribution >= 4 is 23.3 Å². The van der Waals surface area contributed by atoms with Crippen LogP contribution in [0.5, 0.6) is 11.5 Å². The fourth-order valence-corrected chi connectivity index (χ4v) is 2.98. The average Bonchev–Trinajstić information content (AvgIpc) is 2.66. The molecule has 9 nitrogen and oxygen atoms in total. The van der Waals surface area contributed by atoms with E-state index in [4.69, 9.17) is 14.2 Å². The summed E-state index contributed by atoms with van der Waals surface area (Å²) in [5, 5.41) is 11.0. The first kappa shape index (κ1) is 20.1. The summed E-state index contributed by atoms with van der Waals surface area (Å²) >= 11 is 0. The maximum Gasteiger partial charge on any atom is 0.326 e. The number of ether oxygens (including phenoxy) is 3. The zero-order valence-electron chi connectivity index (χ0n) is 16.0. The predicted octanol–water partition coefficient (Wildman–Crippen LogP) is 2.56. The number of nitrogens with zero attached hydrogens (tertiary/aromatic N) is 2. The predicted molar refractivity (Wildman–Crippen MR) is 103 cm³/mol. The zero-order valence-corrected chi connectivity index (χ0v) is 16.0. The minimum absolute atomic E-state index is 0.00610. The van der Waals surface area contributed by atoms with Crippen LogP contribution in [0, 0.1) is 24.0 Å². The summed E-state index contributed by atoms with van der Waals surface area (Å²) in [4.78, 5) is 35.8. The normalized spacial score (nSPS) is 12.8. The van der Waals surface area contributed by atoms with Crippen LogP contribution in [-0.2, 0) is 14.3 Å². The monoisotopic (exact) mass is 400 g/mol. The van der Waals surface area contributed by atoms with E-state index in [0.29, 0.717) is 11.5 Å². The van der Waals surface area contributed by atoms with Crippen LogP contribution in [0.4, 0.5) is 11.4 Å². The number of amides is 1. The summed E-state index contributed by atoms with van der Waals surface area (Å²) in [5.74, 6) is -0.160. The second kappa shape index (κ2) is 8.59. The zero-order chi connectivity index (χ0) is 21.0. The molecule has 2 aromatic carbocycles. The molecule has 0 saturated heterocycles. The Morgan fingerprint density at radius 2 is 1.90 bits per heavy atom. The van der Waals surface area contributed by atoms with Crippen molar-refractivity contribution in [1.82, 2.24) is 0 Å². The number of non-ortho nitro benzene ring substituents is 1. The molecule has 29 heavy (non-hydrogen) atoms. The van der Waals surface area contributed by atoms with Gasteiger partial charge in [0.25, 0.3) is 11.6 Å². The Labute approximate surface area is 166 Å². The van der Waals surface area contributed by atoms with Gasteiger partial charge < -0.3 is 14.2 Å². The van der Waals surface area contributed by atoms with Crippen molar-refractivity contribution in [3.63, 3.8) is 0 Å². The van der Waals surface area contributed by atoms with E-state index in [1.54, 1.807) is 0 Å². The molecule has 0 aromatic heterocycles. The van der Waals surface area contributed by atoms with Crippen LogP contribution >= 0.6 is 0 Å². The first-order valence-electron chi connectivity index (χ1n) is 8.92. The molecule has 0 N–H and O–H groups in total. The van der Waals surface area contributed by atoms with E-state index in [-0.39, 0.29) is 37.7 Å². The van der Waals surface area contributed by atoms with Gasteiger partial charge in [-0.1, -0.05) is 6.07 Å². The summed E-state index contributed by atoms with van der Waals surface area (Å²) in [5.41, 5.74) is 2.09. The maximum atomic E-state index is 12.2. The lowest BCUT2D eigenvalue weighted by molar-refractivity contribution is -0.384. The summed E-state index contributed by atoms with van der Waals surface area (Å²) in [6, 6.07) is 9.65. The fourth-order valence-electron chi connectivity index (χ4n) is 2.98. The van der Waals surface area contributed by atoms with Crippen molar-refractivity contribution in [1.29, 1.82) is 0 Å². The smallest absolute Gasteiger partial charge is 0.326 e. The van der Waals surface area contributed by atoms with Crippen LogP contribution < -0.4 is 14.4 Å². The number of hydrogen-bond donors (Lipinski definition) is 0. The average molecular weight is 400 g/mol. The van der Waals surface area contributed by atoms with Crippen LogP contribution in [-0.4, -0.2) is 43.2 Å². The standard InChI is InChI=1S/C20H20N2O7/c1-13-7-14(2)9-16(8-13)27-5-6-28-20(24)11-21-17-10-15(22(25)26)3-4-18(17)29-12-19(21)23/h3-4,7-10H,5-6,11-12H2,1-2H3. The Morgan fingerprint density at radius 1 is 1.17 bits per heavy atom. The highest BCUT2D eigenvalue weighted by Gasteiger charge is 2.29. The molecule has 2 aromatic rings. The lowest BCUT2D eigenvalue weighted by atomic mass is 10.1. The molecule has 0 fully saturated rings. The lowest BCUT2D eigenvalue weighted by Crippen LogP contribution is -2.42. The first-order valence-corrected chi connectivity index (χ1v) is 8.92. The summed E-state index contributed by atoms with van der Waals surface area (Å²) in [6.45, 7) is 3.45. The highest BCUT2D eigenvalue weighted by molar-refractivity contribution is 6.01. The van der Waals surface area contributed by atoms with Crippen LogP contribution in [0.2, 0.25) is 0 Å². The van der Waals surface area contributed by atoms with Gasteiger partial charge in [-0.2, -0.15) is 0 Å². The third-order valence-electron chi connectivity index (χ3n) is 4.19. The van der Waals surface area contributed by atoms with Gasteiger partial charge in [-0.15, -0.1) is 0 Å². The summed E-state index contributed by atoms with van der Waals surface area (Å²) in [6.07, 6.45) is 0. The maximum absolute atomic E-state index is 12.2. The summed E-state index contributed by atoms with van der Waals surface area (Å²) in [7, 11) is 0. The molecule has 152 valence electrons. The van der Waals surface area contributed by atoms with Crippen molar-refractivity contribution in [2.75, 3.05) is 31.3 Å². The van der Waals surface area contributed by atoms with Gasteiger partial charge in [-0.25, -0.2) is 0 Å². The Hall–Kier alpha value is -3.62. The Balaban J connectivity index is 1.57. The molecule has 0 spiro atoms. The third-order valence-corrected chi connectivity index (χ3v) is 4.19. The van der Waals surface area contributed by atoms with E-state index in [1.807, 2.05) is 32.0 Å². The molecule has 1 aliphatic heterocycles. The van der Waals surface area contributed by atoms with E-state index < -0.39 is 16.8 Å². The number of fused-ring (bicyclic) bond motifs is 1. The molecule has 1 amide bonds. The van der Waals surface area contributed by atoms with Gasteiger partial charge in [0.05, 0.1) is 10.6 Å². The third kappa shape index (κ3) is 5.01. The van der Waals surface area contributed by atoms with Crippen LogP contribution in [0.3, 0.4) is 0 Å². The van der Waals surface area contributed by atoms with Gasteiger partial charge in [-0.05, 0) is 43.2 Å². The molecular weight excluding hydrogens is 380 g/mol. The van der Waals surface area contributed by atoms with Crippen molar-refractivity contribution < 1.29 is 28.7 Å². The first-order chi connectivity index (χ1) is 13.8. The number of carbonyl (C=O) groups is 2. The van der Waals surface area contributed by atoms with Crippen molar-refractivity contribution in [3.8, 4) is 11.5 Å². The van der Waals surface area contributed by atoms with E-state index in [2.05, 4.69) is 0 Å². The van der Waals surface area contributed by atoms with Crippen molar-refractivity contribution in [2.45, 2.75) is 13.8 Å². The number of esters is 1. The molecule has 0 atom stereocenters. The second-order valence-corrected chi connectivity index (χ2v) is 6.57.